The molecule has 0 amide bonds. The molecule has 0 spiro atoms. The Balaban J connectivity index is 1.60. The highest BCUT2D eigenvalue weighted by atomic mass is 16.3. The zero-order valence-electron chi connectivity index (χ0n) is 12.6. The highest BCUT2D eigenvalue weighted by Crippen LogP contribution is 2.43. The van der Waals surface area contributed by atoms with Crippen molar-refractivity contribution in [3.05, 3.63) is 53.6 Å². The largest absolute Gasteiger partial charge is 0.392 e. The van der Waals surface area contributed by atoms with Gasteiger partial charge in [0.15, 0.2) is 0 Å². The monoisotopic (exact) mass is 279 g/mol. The Morgan fingerprint density at radius 1 is 1.05 bits per heavy atom. The summed E-state index contributed by atoms with van der Waals surface area (Å²) in [4.78, 5) is 0. The van der Waals surface area contributed by atoms with Gasteiger partial charge in [-0.3, -0.25) is 0 Å². The molecular formula is C19H21NO. The smallest absolute Gasteiger partial charge is 0.0630 e. The van der Waals surface area contributed by atoms with Crippen molar-refractivity contribution in [1.82, 2.24) is 0 Å². The Morgan fingerprint density at radius 3 is 2.57 bits per heavy atom. The molecule has 2 atom stereocenters. The number of aliphatic hydroxyl groups excluding tert-OH is 1. The first-order chi connectivity index (χ1) is 10.1. The minimum Gasteiger partial charge on any atom is -0.392 e. The van der Waals surface area contributed by atoms with Gasteiger partial charge in [0, 0.05) is 17.1 Å². The summed E-state index contributed by atoms with van der Waals surface area (Å²) in [5.41, 5.74) is 6.69. The van der Waals surface area contributed by atoms with Crippen molar-refractivity contribution in [1.29, 1.82) is 0 Å². The van der Waals surface area contributed by atoms with E-state index in [1.165, 1.54) is 27.9 Å². The molecule has 2 heteroatoms. The van der Waals surface area contributed by atoms with Gasteiger partial charge in [0.1, 0.15) is 0 Å². The Labute approximate surface area is 125 Å². The number of hydrogen-bond donors (Lipinski definition) is 2. The van der Waals surface area contributed by atoms with Crippen molar-refractivity contribution >= 4 is 5.69 Å². The van der Waals surface area contributed by atoms with Crippen LogP contribution in [0.3, 0.4) is 0 Å². The van der Waals surface area contributed by atoms with Crippen molar-refractivity contribution in [3.8, 4) is 11.1 Å². The van der Waals surface area contributed by atoms with E-state index < -0.39 is 0 Å². The Bertz CT molecular complexity index is 704. The van der Waals surface area contributed by atoms with Crippen molar-refractivity contribution in [3.63, 3.8) is 0 Å². The normalized spacial score (nSPS) is 24.9. The zero-order valence-corrected chi connectivity index (χ0v) is 12.6. The van der Waals surface area contributed by atoms with Gasteiger partial charge in [-0.05, 0) is 47.2 Å². The van der Waals surface area contributed by atoms with Gasteiger partial charge in [-0.15, -0.1) is 0 Å². The summed E-state index contributed by atoms with van der Waals surface area (Å²) in [6.45, 7) is 4.25. The second-order valence-electron chi connectivity index (χ2n) is 6.98. The van der Waals surface area contributed by atoms with Crippen molar-refractivity contribution in [2.75, 3.05) is 5.32 Å². The minimum atomic E-state index is -0.186. The Kier molecular flexibility index (Phi) is 2.67. The molecule has 2 aromatic carbocycles. The second-order valence-corrected chi connectivity index (χ2v) is 6.98. The summed E-state index contributed by atoms with van der Waals surface area (Å²) in [7, 11) is 0. The maximum Gasteiger partial charge on any atom is 0.0630 e. The minimum absolute atomic E-state index is 0.0397. The molecule has 21 heavy (non-hydrogen) atoms. The van der Waals surface area contributed by atoms with Crippen LogP contribution in [0.15, 0.2) is 42.5 Å². The van der Waals surface area contributed by atoms with E-state index in [0.29, 0.717) is 6.04 Å². The molecule has 1 saturated carbocycles. The quantitative estimate of drug-likeness (QED) is 0.747. The molecule has 0 aliphatic heterocycles. The van der Waals surface area contributed by atoms with E-state index in [0.717, 1.165) is 12.8 Å². The van der Waals surface area contributed by atoms with Crippen LogP contribution in [0.25, 0.3) is 11.1 Å². The fourth-order valence-corrected chi connectivity index (χ4v) is 3.58. The predicted molar refractivity (Wildman–Crippen MR) is 86.5 cm³/mol. The molecule has 2 aliphatic carbocycles. The van der Waals surface area contributed by atoms with E-state index in [1.54, 1.807) is 0 Å². The molecule has 0 saturated heterocycles. The summed E-state index contributed by atoms with van der Waals surface area (Å²) in [6, 6.07) is 15.7. The van der Waals surface area contributed by atoms with Crippen LogP contribution in [0, 0.1) is 5.41 Å². The van der Waals surface area contributed by atoms with Gasteiger partial charge >= 0.3 is 0 Å². The summed E-state index contributed by atoms with van der Waals surface area (Å²) < 4.78 is 0. The fraction of sp³-hybridized carbons (Fsp3) is 0.368. The van der Waals surface area contributed by atoms with Gasteiger partial charge in [-0.25, -0.2) is 0 Å². The molecule has 0 bridgehead atoms. The van der Waals surface area contributed by atoms with Crippen LogP contribution in [0.2, 0.25) is 0 Å². The molecule has 4 rings (SSSR count). The first kappa shape index (κ1) is 12.9. The van der Waals surface area contributed by atoms with Crippen LogP contribution < -0.4 is 5.32 Å². The van der Waals surface area contributed by atoms with Crippen LogP contribution in [0.5, 0.6) is 0 Å². The van der Waals surface area contributed by atoms with E-state index in [4.69, 9.17) is 0 Å². The third kappa shape index (κ3) is 1.90. The van der Waals surface area contributed by atoms with Crippen molar-refractivity contribution in [2.24, 2.45) is 5.41 Å². The van der Waals surface area contributed by atoms with Gasteiger partial charge in [-0.1, -0.05) is 44.2 Å². The van der Waals surface area contributed by atoms with Crippen LogP contribution in [-0.2, 0) is 6.42 Å². The van der Waals surface area contributed by atoms with E-state index in [1.807, 2.05) is 0 Å². The van der Waals surface area contributed by atoms with Gasteiger partial charge in [-0.2, -0.15) is 0 Å². The maximum atomic E-state index is 9.86. The molecule has 0 radical (unpaired) electrons. The van der Waals surface area contributed by atoms with Crippen LogP contribution in [0.4, 0.5) is 5.69 Å². The van der Waals surface area contributed by atoms with E-state index in [9.17, 15) is 5.11 Å². The lowest BCUT2D eigenvalue weighted by molar-refractivity contribution is -0.0510. The maximum absolute atomic E-state index is 9.86. The topological polar surface area (TPSA) is 32.3 Å². The van der Waals surface area contributed by atoms with Crippen molar-refractivity contribution in [2.45, 2.75) is 38.8 Å². The average Bonchev–Trinajstić information content (AvgIpc) is 2.84. The number of hydrogen-bond acceptors (Lipinski definition) is 2. The van der Waals surface area contributed by atoms with Gasteiger partial charge in [0.25, 0.3) is 0 Å². The molecule has 2 unspecified atom stereocenters. The van der Waals surface area contributed by atoms with E-state index >= 15 is 0 Å². The lowest BCUT2D eigenvalue weighted by atomic mass is 9.64. The Morgan fingerprint density at radius 2 is 1.81 bits per heavy atom. The highest BCUT2D eigenvalue weighted by Gasteiger charge is 2.47. The van der Waals surface area contributed by atoms with Crippen LogP contribution in [-0.4, -0.2) is 17.3 Å². The first-order valence-electron chi connectivity index (χ1n) is 7.71. The van der Waals surface area contributed by atoms with Gasteiger partial charge < -0.3 is 10.4 Å². The third-order valence-electron chi connectivity index (χ3n) is 5.35. The fourth-order valence-electron chi connectivity index (χ4n) is 3.58. The number of benzene rings is 2. The second kappa shape index (κ2) is 4.35. The van der Waals surface area contributed by atoms with Gasteiger partial charge in [0.05, 0.1) is 6.10 Å². The molecule has 2 aliphatic rings. The lowest BCUT2D eigenvalue weighted by Gasteiger charge is -2.49. The summed E-state index contributed by atoms with van der Waals surface area (Å²) in [6.07, 6.45) is 1.68. The number of anilines is 1. The molecule has 0 aromatic heterocycles. The lowest BCUT2D eigenvalue weighted by Crippen LogP contribution is -2.56. The molecule has 108 valence electrons. The molecular weight excluding hydrogens is 258 g/mol. The summed E-state index contributed by atoms with van der Waals surface area (Å²) in [5.74, 6) is 0. The molecule has 2 aromatic rings. The number of rotatable bonds is 2. The van der Waals surface area contributed by atoms with E-state index in [2.05, 4.69) is 61.6 Å². The standard InChI is InChI=1S/C19H21NO/c1-19(2)17(11-18(19)21)20-14-7-8-16-13(10-14)9-12-5-3-4-6-15(12)16/h3-8,10,17-18,20-21H,9,11H2,1-2H3. The van der Waals surface area contributed by atoms with Crippen LogP contribution >= 0.6 is 0 Å². The highest BCUT2D eigenvalue weighted by molar-refractivity contribution is 5.78. The molecule has 2 N–H and O–H groups in total. The molecule has 0 heterocycles. The molecule has 1 fully saturated rings. The van der Waals surface area contributed by atoms with E-state index in [-0.39, 0.29) is 11.5 Å². The van der Waals surface area contributed by atoms with Crippen molar-refractivity contribution < 1.29 is 5.11 Å². The third-order valence-corrected chi connectivity index (χ3v) is 5.35. The van der Waals surface area contributed by atoms with Crippen LogP contribution in [0.1, 0.15) is 31.4 Å². The predicted octanol–water partition coefficient (Wildman–Crippen LogP) is 3.83. The average molecular weight is 279 g/mol. The number of fused-ring (bicyclic) bond motifs is 3. The zero-order chi connectivity index (χ0) is 14.6. The number of nitrogens with one attached hydrogen (secondary N) is 1. The number of aliphatic hydroxyl groups is 1. The van der Waals surface area contributed by atoms with Gasteiger partial charge in [0.2, 0.25) is 0 Å². The summed E-state index contributed by atoms with van der Waals surface area (Å²) >= 11 is 0. The Hall–Kier alpha value is -1.80. The summed E-state index contributed by atoms with van der Waals surface area (Å²) in [5, 5.41) is 13.5. The SMILES string of the molecule is CC1(C)C(O)CC1Nc1ccc2c(c1)Cc1ccccc1-2. The first-order valence-corrected chi connectivity index (χ1v) is 7.71. The molecule has 2 nitrogen and oxygen atoms in total.